The van der Waals surface area contributed by atoms with Crippen LogP contribution in [0.5, 0.6) is 0 Å². The summed E-state index contributed by atoms with van der Waals surface area (Å²) in [6.45, 7) is 5.74. The molecule has 0 saturated heterocycles. The van der Waals surface area contributed by atoms with Gasteiger partial charge in [0, 0.05) is 13.2 Å². The van der Waals surface area contributed by atoms with E-state index in [-0.39, 0.29) is 6.29 Å². The lowest BCUT2D eigenvalue weighted by Gasteiger charge is -2.14. The van der Waals surface area contributed by atoms with E-state index in [4.69, 9.17) is 9.47 Å². The summed E-state index contributed by atoms with van der Waals surface area (Å²) < 4.78 is 11.1. The molecule has 90 valence electrons. The zero-order valence-electron chi connectivity index (χ0n) is 10.1. The molecule has 0 heterocycles. The van der Waals surface area contributed by atoms with Crippen molar-refractivity contribution in [2.45, 2.75) is 45.8 Å². The third-order valence-corrected chi connectivity index (χ3v) is 2.25. The van der Waals surface area contributed by atoms with E-state index < -0.39 is 0 Å². The van der Waals surface area contributed by atoms with Gasteiger partial charge in [0.2, 0.25) is 0 Å². The monoisotopic (exact) mass is 232 g/mol. The van der Waals surface area contributed by atoms with Crippen LogP contribution in [0.15, 0.2) is 12.2 Å². The zero-order valence-corrected chi connectivity index (χ0v) is 11.2. The molecule has 0 aliphatic heterocycles. The highest BCUT2D eigenvalue weighted by Crippen LogP contribution is 2.02. The van der Waals surface area contributed by atoms with Crippen LogP contribution in [0.3, 0.4) is 0 Å². The third-order valence-electron chi connectivity index (χ3n) is 1.84. The van der Waals surface area contributed by atoms with Crippen LogP contribution in [0.1, 0.15) is 39.5 Å². The van der Waals surface area contributed by atoms with E-state index in [1.54, 1.807) is 0 Å². The molecule has 0 N–H and O–H groups in total. The van der Waals surface area contributed by atoms with E-state index in [0.717, 1.165) is 38.6 Å². The van der Waals surface area contributed by atoms with Crippen molar-refractivity contribution in [2.75, 3.05) is 19.4 Å². The minimum Gasteiger partial charge on any atom is -0.349 e. The van der Waals surface area contributed by atoms with Crippen LogP contribution in [0.25, 0.3) is 0 Å². The van der Waals surface area contributed by atoms with Gasteiger partial charge in [0.05, 0.1) is 0 Å². The van der Waals surface area contributed by atoms with Crippen molar-refractivity contribution in [3.63, 3.8) is 0 Å². The molecule has 0 aromatic carbocycles. The van der Waals surface area contributed by atoms with Crippen molar-refractivity contribution in [1.29, 1.82) is 0 Å². The molecule has 1 unspecified atom stereocenters. The fraction of sp³-hybridized carbons (Fsp3) is 0.833. The summed E-state index contributed by atoms with van der Waals surface area (Å²) in [6, 6.07) is 0. The highest BCUT2D eigenvalue weighted by Gasteiger charge is 2.02. The van der Waals surface area contributed by atoms with Gasteiger partial charge in [-0.2, -0.15) is 0 Å². The van der Waals surface area contributed by atoms with E-state index in [9.17, 15) is 0 Å². The molecular formula is C12H25O2P. The average Bonchev–Trinajstić information content (AvgIpc) is 2.27. The van der Waals surface area contributed by atoms with Crippen LogP contribution < -0.4 is 0 Å². The van der Waals surface area contributed by atoms with Gasteiger partial charge in [0.25, 0.3) is 0 Å². The summed E-state index contributed by atoms with van der Waals surface area (Å²) in [5, 5.41) is 0. The van der Waals surface area contributed by atoms with Crippen molar-refractivity contribution < 1.29 is 9.47 Å². The van der Waals surface area contributed by atoms with Gasteiger partial charge in [-0.25, -0.2) is 0 Å². The van der Waals surface area contributed by atoms with Gasteiger partial charge in [0.1, 0.15) is 0 Å². The average molecular weight is 232 g/mol. The number of hydrogen-bond donors (Lipinski definition) is 0. The highest BCUT2D eigenvalue weighted by atomic mass is 31.0. The first-order valence-corrected chi connectivity index (χ1v) is 6.76. The first-order valence-electron chi connectivity index (χ1n) is 5.95. The second-order valence-electron chi connectivity index (χ2n) is 3.47. The predicted octanol–water partition coefficient (Wildman–Crippen LogP) is 3.38. The predicted molar refractivity (Wildman–Crippen MR) is 69.2 cm³/mol. The lowest BCUT2D eigenvalue weighted by atomic mass is 10.3. The summed E-state index contributed by atoms with van der Waals surface area (Å²) >= 11 is 0. The Labute approximate surface area is 96.6 Å². The lowest BCUT2D eigenvalue weighted by Crippen LogP contribution is -2.15. The largest absolute Gasteiger partial charge is 0.349 e. The van der Waals surface area contributed by atoms with Crippen LogP contribution in [0.4, 0.5) is 0 Å². The van der Waals surface area contributed by atoms with Crippen molar-refractivity contribution in [1.82, 2.24) is 0 Å². The van der Waals surface area contributed by atoms with Gasteiger partial charge >= 0.3 is 0 Å². The molecule has 0 saturated carbocycles. The van der Waals surface area contributed by atoms with Crippen molar-refractivity contribution in [3.05, 3.63) is 12.2 Å². The van der Waals surface area contributed by atoms with E-state index in [2.05, 4.69) is 29.2 Å². The Balaban J connectivity index is 3.71. The van der Waals surface area contributed by atoms with Crippen LogP contribution in [0, 0.1) is 0 Å². The Morgan fingerprint density at radius 2 is 1.73 bits per heavy atom. The fourth-order valence-corrected chi connectivity index (χ4v) is 1.31. The molecule has 0 radical (unpaired) electrons. The minimum absolute atomic E-state index is 0.144. The molecule has 0 aromatic rings. The number of allylic oxidation sites excluding steroid dienone is 1. The van der Waals surface area contributed by atoms with Gasteiger partial charge in [-0.05, 0) is 37.9 Å². The van der Waals surface area contributed by atoms with Crippen LogP contribution in [-0.2, 0) is 9.47 Å². The van der Waals surface area contributed by atoms with E-state index in [0.29, 0.717) is 0 Å². The summed E-state index contributed by atoms with van der Waals surface area (Å²) in [4.78, 5) is 0. The Bertz CT molecular complexity index is 141. The smallest absolute Gasteiger partial charge is 0.176 e. The van der Waals surface area contributed by atoms with E-state index in [1.807, 2.05) is 6.08 Å². The molecule has 15 heavy (non-hydrogen) atoms. The Hall–Kier alpha value is 0.0900. The lowest BCUT2D eigenvalue weighted by molar-refractivity contribution is -0.111. The Morgan fingerprint density at radius 1 is 1.13 bits per heavy atom. The summed E-state index contributed by atoms with van der Waals surface area (Å²) in [5.41, 5.74) is 0. The van der Waals surface area contributed by atoms with Crippen LogP contribution in [-0.4, -0.2) is 25.7 Å². The SMILES string of the molecule is CCCOC(/C=C\CCCP)OCCC. The number of ether oxygens (including phenoxy) is 2. The maximum absolute atomic E-state index is 5.56. The van der Waals surface area contributed by atoms with E-state index >= 15 is 0 Å². The molecule has 0 bridgehead atoms. The number of unbranched alkanes of at least 4 members (excludes halogenated alkanes) is 1. The minimum atomic E-state index is -0.144. The topological polar surface area (TPSA) is 18.5 Å². The van der Waals surface area contributed by atoms with Gasteiger partial charge in [-0.15, -0.1) is 9.24 Å². The number of rotatable bonds is 10. The fourth-order valence-electron chi connectivity index (χ4n) is 1.07. The molecule has 3 heteroatoms. The van der Waals surface area contributed by atoms with Crippen molar-refractivity contribution in [3.8, 4) is 0 Å². The van der Waals surface area contributed by atoms with E-state index in [1.165, 1.54) is 6.42 Å². The molecule has 0 amide bonds. The Kier molecular flexibility index (Phi) is 12.2. The quantitative estimate of drug-likeness (QED) is 0.249. The molecular weight excluding hydrogens is 207 g/mol. The molecule has 0 spiro atoms. The van der Waals surface area contributed by atoms with Gasteiger partial charge in [-0.3, -0.25) is 0 Å². The third kappa shape index (κ3) is 10.4. The van der Waals surface area contributed by atoms with Crippen molar-refractivity contribution >= 4 is 9.24 Å². The van der Waals surface area contributed by atoms with Gasteiger partial charge in [0.15, 0.2) is 6.29 Å². The summed E-state index contributed by atoms with van der Waals surface area (Å²) in [5.74, 6) is 0. The molecule has 1 atom stereocenters. The molecule has 2 nitrogen and oxygen atoms in total. The number of hydrogen-bond acceptors (Lipinski definition) is 2. The van der Waals surface area contributed by atoms with Crippen LogP contribution in [0.2, 0.25) is 0 Å². The molecule has 0 fully saturated rings. The standard InChI is InChI=1S/C12H25O2P/c1-3-9-13-12(14-10-4-2)8-6-5-7-11-15/h6,8,12H,3-5,7,9-11,15H2,1-2H3/b8-6-. The summed E-state index contributed by atoms with van der Waals surface area (Å²) in [6.07, 6.45) is 9.57. The van der Waals surface area contributed by atoms with Crippen molar-refractivity contribution in [2.24, 2.45) is 0 Å². The van der Waals surface area contributed by atoms with Crippen LogP contribution >= 0.6 is 9.24 Å². The van der Waals surface area contributed by atoms with Gasteiger partial charge < -0.3 is 9.47 Å². The molecule has 0 rings (SSSR count). The normalized spacial score (nSPS) is 11.7. The Morgan fingerprint density at radius 3 is 2.20 bits per heavy atom. The first kappa shape index (κ1) is 15.1. The molecule has 0 aromatic heterocycles. The maximum Gasteiger partial charge on any atom is 0.176 e. The zero-order chi connectivity index (χ0) is 11.4. The van der Waals surface area contributed by atoms with Gasteiger partial charge in [-0.1, -0.05) is 19.9 Å². The first-order chi connectivity index (χ1) is 7.35. The summed E-state index contributed by atoms with van der Waals surface area (Å²) in [7, 11) is 2.74. The molecule has 0 aliphatic rings. The maximum atomic E-state index is 5.56. The second-order valence-corrected chi connectivity index (χ2v) is 4.05. The highest BCUT2D eigenvalue weighted by molar-refractivity contribution is 7.16. The second kappa shape index (κ2) is 12.2. The molecule has 0 aliphatic carbocycles.